The SMILES string of the molecule is CC(C)(C)OC(=O)N1CC2CN(C3Nc4ccccc4N(C4CCN(C5(C(=O)O)CCCCCCC5)CC4)C3=O)CC2C1. The number of hydrogen-bond donors (Lipinski definition) is 2. The van der Waals surface area contributed by atoms with Crippen LogP contribution >= 0.6 is 0 Å². The Morgan fingerprint density at radius 1 is 0.930 bits per heavy atom. The van der Waals surface area contributed by atoms with E-state index >= 15 is 0 Å². The van der Waals surface area contributed by atoms with Gasteiger partial charge < -0.3 is 25.0 Å². The predicted molar refractivity (Wildman–Crippen MR) is 165 cm³/mol. The van der Waals surface area contributed by atoms with Crippen molar-refractivity contribution in [3.05, 3.63) is 24.3 Å². The van der Waals surface area contributed by atoms with Gasteiger partial charge in [-0.3, -0.25) is 19.4 Å². The number of para-hydroxylation sites is 2. The summed E-state index contributed by atoms with van der Waals surface area (Å²) in [4.78, 5) is 48.0. The minimum absolute atomic E-state index is 0.0265. The average molecular weight is 596 g/mol. The second-order valence-electron chi connectivity index (χ2n) is 14.5. The fourth-order valence-electron chi connectivity index (χ4n) is 8.31. The molecule has 0 aromatic heterocycles. The predicted octanol–water partition coefficient (Wildman–Crippen LogP) is 4.60. The molecule has 0 bridgehead atoms. The second-order valence-corrected chi connectivity index (χ2v) is 14.5. The molecule has 0 spiro atoms. The standard InChI is InChI=1S/C33H49N5O5/c1-32(2,3)43-31(42)36-21-23-19-35(20-24(23)22-36)28-29(39)38(27-12-8-7-11-26(27)34-28)25-13-17-37(18-14-25)33(30(40)41)15-9-5-4-6-10-16-33/h7-8,11-12,23-25,28,34H,4-6,9-10,13-22H2,1-3H3,(H,40,41). The van der Waals surface area contributed by atoms with Gasteiger partial charge in [-0.15, -0.1) is 0 Å². The number of ether oxygens (including phenoxy) is 1. The highest BCUT2D eigenvalue weighted by Gasteiger charge is 2.50. The Morgan fingerprint density at radius 3 is 2.14 bits per heavy atom. The summed E-state index contributed by atoms with van der Waals surface area (Å²) in [5.74, 6) is 0.0141. The third kappa shape index (κ3) is 5.97. The van der Waals surface area contributed by atoms with Crippen LogP contribution in [0.4, 0.5) is 16.2 Å². The highest BCUT2D eigenvalue weighted by Crippen LogP contribution is 2.41. The molecule has 3 saturated heterocycles. The lowest BCUT2D eigenvalue weighted by Gasteiger charge is -2.49. The number of fused-ring (bicyclic) bond motifs is 2. The number of likely N-dealkylation sites (tertiary alicyclic amines) is 3. The quantitative estimate of drug-likeness (QED) is 0.521. The first-order valence-corrected chi connectivity index (χ1v) is 16.4. The zero-order valence-electron chi connectivity index (χ0n) is 26.1. The molecule has 0 radical (unpaired) electrons. The van der Waals surface area contributed by atoms with Crippen molar-refractivity contribution >= 4 is 29.3 Å². The molecule has 10 heteroatoms. The van der Waals surface area contributed by atoms with Gasteiger partial charge in [0.2, 0.25) is 0 Å². The smallest absolute Gasteiger partial charge is 0.410 e. The van der Waals surface area contributed by atoms with E-state index in [1.165, 1.54) is 6.42 Å². The van der Waals surface area contributed by atoms with E-state index in [-0.39, 0.29) is 18.0 Å². The Labute approximate surface area is 255 Å². The minimum atomic E-state index is -0.778. The molecule has 2 N–H and O–H groups in total. The van der Waals surface area contributed by atoms with Gasteiger partial charge in [-0.1, -0.05) is 44.2 Å². The van der Waals surface area contributed by atoms with Gasteiger partial charge in [-0.25, -0.2) is 4.79 Å². The molecular weight excluding hydrogens is 546 g/mol. The van der Waals surface area contributed by atoms with E-state index in [0.29, 0.717) is 50.9 Å². The number of nitrogens with one attached hydrogen (secondary N) is 1. The second kappa shape index (κ2) is 11.9. The molecule has 236 valence electrons. The van der Waals surface area contributed by atoms with Gasteiger partial charge in [0.15, 0.2) is 6.17 Å². The monoisotopic (exact) mass is 595 g/mol. The molecule has 6 rings (SSSR count). The number of carbonyl (C=O) groups excluding carboxylic acids is 2. The molecule has 2 amide bonds. The van der Waals surface area contributed by atoms with Crippen LogP contribution in [-0.2, 0) is 14.3 Å². The summed E-state index contributed by atoms with van der Waals surface area (Å²) >= 11 is 0. The Morgan fingerprint density at radius 2 is 1.53 bits per heavy atom. The van der Waals surface area contributed by atoms with Crippen LogP contribution in [0.1, 0.15) is 78.6 Å². The van der Waals surface area contributed by atoms with Gasteiger partial charge in [0.25, 0.3) is 5.91 Å². The number of carboxylic acid groups (broad SMARTS) is 1. The van der Waals surface area contributed by atoms with Crippen LogP contribution in [-0.4, -0.2) is 100 Å². The number of hydrogen-bond acceptors (Lipinski definition) is 7. The zero-order chi connectivity index (χ0) is 30.4. The van der Waals surface area contributed by atoms with Gasteiger partial charge in [0.05, 0.1) is 11.4 Å². The lowest BCUT2D eigenvalue weighted by Crippen LogP contribution is -2.62. The fraction of sp³-hybridized carbons (Fsp3) is 0.727. The average Bonchev–Trinajstić information content (AvgIpc) is 3.52. The number of aliphatic carboxylic acids is 1. The molecule has 4 heterocycles. The Bertz CT molecular complexity index is 1190. The molecule has 3 unspecified atom stereocenters. The van der Waals surface area contributed by atoms with Crippen molar-refractivity contribution < 1.29 is 24.2 Å². The lowest BCUT2D eigenvalue weighted by molar-refractivity contribution is -0.154. The van der Waals surface area contributed by atoms with Crippen molar-refractivity contribution in [3.8, 4) is 0 Å². The number of carboxylic acids is 1. The van der Waals surface area contributed by atoms with Crippen molar-refractivity contribution in [3.63, 3.8) is 0 Å². The van der Waals surface area contributed by atoms with Crippen LogP contribution in [0.2, 0.25) is 0 Å². The first-order chi connectivity index (χ1) is 20.6. The normalized spacial score (nSPS) is 28.9. The van der Waals surface area contributed by atoms with Gasteiger partial charge in [0, 0.05) is 45.3 Å². The minimum Gasteiger partial charge on any atom is -0.480 e. The molecule has 5 aliphatic rings. The maximum atomic E-state index is 14.3. The molecule has 1 saturated carbocycles. The van der Waals surface area contributed by atoms with E-state index < -0.39 is 23.3 Å². The van der Waals surface area contributed by atoms with Crippen molar-refractivity contribution in [1.82, 2.24) is 14.7 Å². The van der Waals surface area contributed by atoms with Crippen molar-refractivity contribution in [2.75, 3.05) is 49.5 Å². The number of anilines is 2. The summed E-state index contributed by atoms with van der Waals surface area (Å²) in [6, 6.07) is 8.08. The van der Waals surface area contributed by atoms with Gasteiger partial charge in [-0.2, -0.15) is 0 Å². The number of amides is 2. The molecular formula is C33H49N5O5. The molecule has 3 atom stereocenters. The van der Waals surface area contributed by atoms with E-state index in [9.17, 15) is 19.5 Å². The first kappa shape index (κ1) is 30.2. The van der Waals surface area contributed by atoms with Crippen LogP contribution in [0, 0.1) is 11.8 Å². The van der Waals surface area contributed by atoms with Gasteiger partial charge in [0.1, 0.15) is 11.1 Å². The number of benzene rings is 1. The summed E-state index contributed by atoms with van der Waals surface area (Å²) in [6.45, 7) is 9.86. The summed E-state index contributed by atoms with van der Waals surface area (Å²) < 4.78 is 5.61. The molecule has 4 fully saturated rings. The molecule has 1 aliphatic carbocycles. The van der Waals surface area contributed by atoms with Crippen LogP contribution in [0.15, 0.2) is 24.3 Å². The van der Waals surface area contributed by atoms with E-state index in [0.717, 1.165) is 63.0 Å². The van der Waals surface area contributed by atoms with Crippen LogP contribution in [0.5, 0.6) is 0 Å². The zero-order valence-corrected chi connectivity index (χ0v) is 26.1. The molecule has 1 aromatic rings. The summed E-state index contributed by atoms with van der Waals surface area (Å²) in [5, 5.41) is 14.0. The first-order valence-electron chi connectivity index (χ1n) is 16.4. The lowest BCUT2D eigenvalue weighted by atomic mass is 9.81. The third-order valence-corrected chi connectivity index (χ3v) is 10.5. The number of rotatable bonds is 4. The Balaban J connectivity index is 1.14. The van der Waals surface area contributed by atoms with Crippen molar-refractivity contribution in [1.29, 1.82) is 0 Å². The van der Waals surface area contributed by atoms with E-state index in [2.05, 4.69) is 15.1 Å². The van der Waals surface area contributed by atoms with E-state index in [4.69, 9.17) is 4.74 Å². The van der Waals surface area contributed by atoms with Crippen LogP contribution in [0.25, 0.3) is 0 Å². The van der Waals surface area contributed by atoms with Crippen LogP contribution in [0.3, 0.4) is 0 Å². The highest BCUT2D eigenvalue weighted by molar-refractivity contribution is 6.05. The van der Waals surface area contributed by atoms with E-state index in [1.54, 1.807) is 0 Å². The number of piperidine rings is 1. The third-order valence-electron chi connectivity index (χ3n) is 10.5. The number of carbonyl (C=O) groups is 3. The molecule has 43 heavy (non-hydrogen) atoms. The van der Waals surface area contributed by atoms with Gasteiger partial charge >= 0.3 is 12.1 Å². The van der Waals surface area contributed by atoms with E-state index in [1.807, 2.05) is 54.8 Å². The summed E-state index contributed by atoms with van der Waals surface area (Å²) in [7, 11) is 0. The Kier molecular flexibility index (Phi) is 8.37. The van der Waals surface area contributed by atoms with Crippen LogP contribution < -0.4 is 10.2 Å². The maximum absolute atomic E-state index is 14.3. The molecule has 10 nitrogen and oxygen atoms in total. The Hall–Kier alpha value is -2.85. The summed E-state index contributed by atoms with van der Waals surface area (Å²) in [5.41, 5.74) is 0.579. The van der Waals surface area contributed by atoms with Crippen molar-refractivity contribution in [2.45, 2.75) is 102 Å². The maximum Gasteiger partial charge on any atom is 0.410 e. The fourth-order valence-corrected chi connectivity index (χ4v) is 8.31. The van der Waals surface area contributed by atoms with Crippen molar-refractivity contribution in [2.24, 2.45) is 11.8 Å². The highest BCUT2D eigenvalue weighted by atomic mass is 16.6. The molecule has 4 aliphatic heterocycles. The molecule has 1 aromatic carbocycles. The summed E-state index contributed by atoms with van der Waals surface area (Å²) in [6.07, 6.45) is 7.59. The largest absolute Gasteiger partial charge is 0.480 e. The van der Waals surface area contributed by atoms with Gasteiger partial charge in [-0.05, 0) is 70.4 Å². The number of nitrogens with zero attached hydrogens (tertiary/aromatic N) is 4. The topological polar surface area (TPSA) is 106 Å².